The van der Waals surface area contributed by atoms with Gasteiger partial charge in [0, 0.05) is 12.1 Å². The van der Waals surface area contributed by atoms with Crippen LogP contribution in [-0.4, -0.2) is 0 Å². The molecule has 0 spiro atoms. The van der Waals surface area contributed by atoms with Gasteiger partial charge < -0.3 is 9.47 Å². The van der Waals surface area contributed by atoms with Crippen LogP contribution in [0.15, 0.2) is 60.7 Å². The molecule has 0 aliphatic rings. The second-order valence-corrected chi connectivity index (χ2v) is 6.51. The number of halogens is 3. The molecule has 0 unspecified atom stereocenters. The van der Waals surface area contributed by atoms with Gasteiger partial charge >= 0.3 is 0 Å². The maximum absolute atomic E-state index is 9.23. The Labute approximate surface area is 166 Å². The fourth-order valence-corrected chi connectivity index (χ4v) is 2.76. The summed E-state index contributed by atoms with van der Waals surface area (Å²) in [6.07, 6.45) is 0. The van der Waals surface area contributed by atoms with Crippen molar-refractivity contribution in [1.82, 2.24) is 0 Å². The lowest BCUT2D eigenvalue weighted by molar-refractivity contribution is 0.291. The molecule has 0 aromatic heterocycles. The summed E-state index contributed by atoms with van der Waals surface area (Å²) < 4.78 is 11.7. The minimum atomic E-state index is 0.270. The first-order valence-electron chi connectivity index (χ1n) is 7.60. The third-order valence-electron chi connectivity index (χ3n) is 3.53. The minimum absolute atomic E-state index is 0.270. The summed E-state index contributed by atoms with van der Waals surface area (Å²) in [5.41, 5.74) is 1.26. The van der Waals surface area contributed by atoms with E-state index in [2.05, 4.69) is 0 Å². The highest BCUT2D eigenvalue weighted by Gasteiger charge is 2.15. The molecular formula is C20H12Cl3NO2. The lowest BCUT2D eigenvalue weighted by Gasteiger charge is -2.15. The number of hydrogen-bond donors (Lipinski definition) is 0. The van der Waals surface area contributed by atoms with Gasteiger partial charge in [-0.1, -0.05) is 71.2 Å². The molecule has 3 nitrogen and oxygen atoms in total. The van der Waals surface area contributed by atoms with Crippen molar-refractivity contribution in [1.29, 1.82) is 5.26 Å². The van der Waals surface area contributed by atoms with Crippen LogP contribution < -0.4 is 9.47 Å². The van der Waals surface area contributed by atoms with Crippen LogP contribution in [0.2, 0.25) is 15.1 Å². The van der Waals surface area contributed by atoms with Crippen LogP contribution in [0.25, 0.3) is 0 Å². The molecule has 6 heteroatoms. The van der Waals surface area contributed by atoms with Crippen LogP contribution in [0.5, 0.6) is 17.2 Å². The number of benzene rings is 3. The highest BCUT2D eigenvalue weighted by molar-refractivity contribution is 6.42. The Balaban J connectivity index is 1.94. The lowest BCUT2D eigenvalue weighted by Crippen LogP contribution is -1.98. The zero-order chi connectivity index (χ0) is 18.5. The second-order valence-electron chi connectivity index (χ2n) is 5.32. The van der Waals surface area contributed by atoms with Gasteiger partial charge in [0.25, 0.3) is 0 Å². The normalized spacial score (nSPS) is 10.2. The van der Waals surface area contributed by atoms with Gasteiger partial charge in [-0.2, -0.15) is 5.26 Å². The van der Waals surface area contributed by atoms with Crippen LogP contribution in [0.3, 0.4) is 0 Å². The summed E-state index contributed by atoms with van der Waals surface area (Å²) in [6, 6.07) is 19.8. The maximum Gasteiger partial charge on any atom is 0.170 e. The SMILES string of the molecule is N#Cc1cc(Oc2cccc(Cl)c2Cl)c(OCc2ccccc2)cc1Cl. The molecule has 0 atom stereocenters. The number of nitrogens with zero attached hydrogens (tertiary/aromatic N) is 1. The Kier molecular flexibility index (Phi) is 5.90. The van der Waals surface area contributed by atoms with E-state index in [0.717, 1.165) is 5.56 Å². The molecule has 130 valence electrons. The summed E-state index contributed by atoms with van der Waals surface area (Å²) >= 11 is 18.4. The molecule has 0 N–H and O–H groups in total. The molecule has 0 fully saturated rings. The molecule has 0 saturated heterocycles. The molecule has 0 radical (unpaired) electrons. The summed E-state index contributed by atoms with van der Waals surface area (Å²) in [5, 5.41) is 10.1. The van der Waals surface area contributed by atoms with Crippen LogP contribution in [0.4, 0.5) is 0 Å². The molecule has 0 amide bonds. The zero-order valence-corrected chi connectivity index (χ0v) is 15.6. The summed E-state index contributed by atoms with van der Waals surface area (Å²) in [4.78, 5) is 0. The topological polar surface area (TPSA) is 42.2 Å². The van der Waals surface area contributed by atoms with E-state index in [1.54, 1.807) is 24.3 Å². The number of ether oxygens (including phenoxy) is 2. The van der Waals surface area contributed by atoms with Gasteiger partial charge in [0.1, 0.15) is 23.4 Å². The van der Waals surface area contributed by atoms with Crippen LogP contribution in [-0.2, 0) is 6.61 Å². The van der Waals surface area contributed by atoms with Gasteiger partial charge in [0.15, 0.2) is 11.5 Å². The van der Waals surface area contributed by atoms with E-state index < -0.39 is 0 Å². The van der Waals surface area contributed by atoms with E-state index in [0.29, 0.717) is 28.9 Å². The van der Waals surface area contributed by atoms with Crippen molar-refractivity contribution >= 4 is 34.8 Å². The van der Waals surface area contributed by atoms with Crippen molar-refractivity contribution in [2.75, 3.05) is 0 Å². The monoisotopic (exact) mass is 403 g/mol. The largest absolute Gasteiger partial charge is 0.485 e. The Morgan fingerprint density at radius 2 is 1.58 bits per heavy atom. The summed E-state index contributed by atoms with van der Waals surface area (Å²) in [6.45, 7) is 0.322. The van der Waals surface area contributed by atoms with Crippen molar-refractivity contribution in [3.63, 3.8) is 0 Å². The predicted octanol–water partition coefficient (Wildman–Crippen LogP) is 6.89. The van der Waals surface area contributed by atoms with Crippen molar-refractivity contribution in [2.45, 2.75) is 6.61 Å². The number of hydrogen-bond acceptors (Lipinski definition) is 3. The van der Waals surface area contributed by atoms with Crippen molar-refractivity contribution in [2.24, 2.45) is 0 Å². The van der Waals surface area contributed by atoms with Gasteiger partial charge in [-0.15, -0.1) is 0 Å². The highest BCUT2D eigenvalue weighted by atomic mass is 35.5. The maximum atomic E-state index is 9.23. The predicted molar refractivity (Wildman–Crippen MR) is 103 cm³/mol. The van der Waals surface area contributed by atoms with Crippen LogP contribution in [0.1, 0.15) is 11.1 Å². The number of rotatable bonds is 5. The van der Waals surface area contributed by atoms with E-state index in [-0.39, 0.29) is 15.6 Å². The number of nitriles is 1. The van der Waals surface area contributed by atoms with Gasteiger partial charge in [-0.3, -0.25) is 0 Å². The fourth-order valence-electron chi connectivity index (χ4n) is 2.23. The summed E-state index contributed by atoms with van der Waals surface area (Å²) in [7, 11) is 0. The Hall–Kier alpha value is -2.38. The third kappa shape index (κ3) is 4.23. The Morgan fingerprint density at radius 1 is 0.808 bits per heavy atom. The van der Waals surface area contributed by atoms with Gasteiger partial charge in [0.2, 0.25) is 0 Å². The van der Waals surface area contributed by atoms with Crippen molar-refractivity contribution in [3.8, 4) is 23.3 Å². The van der Waals surface area contributed by atoms with Crippen LogP contribution in [0, 0.1) is 11.3 Å². The molecular weight excluding hydrogens is 393 g/mol. The molecule has 0 saturated carbocycles. The quantitative estimate of drug-likeness (QED) is 0.465. The van der Waals surface area contributed by atoms with Gasteiger partial charge in [-0.05, 0) is 17.7 Å². The molecule has 3 aromatic rings. The Bertz CT molecular complexity index is 969. The first-order chi connectivity index (χ1) is 12.6. The van der Waals surface area contributed by atoms with Crippen molar-refractivity contribution < 1.29 is 9.47 Å². The molecule has 0 aliphatic carbocycles. The average molecular weight is 405 g/mol. The van der Waals surface area contributed by atoms with E-state index in [9.17, 15) is 5.26 Å². The van der Waals surface area contributed by atoms with E-state index >= 15 is 0 Å². The van der Waals surface area contributed by atoms with Crippen LogP contribution >= 0.6 is 34.8 Å². The molecule has 3 aromatic carbocycles. The first-order valence-corrected chi connectivity index (χ1v) is 8.74. The second kappa shape index (κ2) is 8.33. The van der Waals surface area contributed by atoms with Gasteiger partial charge in [0.05, 0.1) is 15.6 Å². The van der Waals surface area contributed by atoms with E-state index in [1.165, 1.54) is 6.07 Å². The molecule has 0 aliphatic heterocycles. The highest BCUT2D eigenvalue weighted by Crippen LogP contribution is 2.40. The van der Waals surface area contributed by atoms with E-state index in [4.69, 9.17) is 44.3 Å². The molecule has 0 bridgehead atoms. The first kappa shape index (κ1) is 18.4. The molecule has 26 heavy (non-hydrogen) atoms. The Morgan fingerprint density at radius 3 is 2.31 bits per heavy atom. The smallest absolute Gasteiger partial charge is 0.170 e. The third-order valence-corrected chi connectivity index (χ3v) is 4.64. The van der Waals surface area contributed by atoms with Crippen molar-refractivity contribution in [3.05, 3.63) is 86.9 Å². The standard InChI is InChI=1S/C20H12Cl3NO2/c21-15-7-4-8-17(20(15)23)26-19-9-14(11-24)16(22)10-18(19)25-12-13-5-2-1-3-6-13/h1-10H,12H2. The zero-order valence-electron chi connectivity index (χ0n) is 13.4. The minimum Gasteiger partial charge on any atom is -0.485 e. The molecule has 0 heterocycles. The van der Waals surface area contributed by atoms with E-state index in [1.807, 2.05) is 36.4 Å². The average Bonchev–Trinajstić information content (AvgIpc) is 2.66. The molecule has 3 rings (SSSR count). The van der Waals surface area contributed by atoms with Gasteiger partial charge in [-0.25, -0.2) is 0 Å². The lowest BCUT2D eigenvalue weighted by atomic mass is 10.2. The summed E-state index contributed by atoms with van der Waals surface area (Å²) in [5.74, 6) is 1.08. The fraction of sp³-hybridized carbons (Fsp3) is 0.0500.